The molecule has 0 spiro atoms. The minimum Gasteiger partial charge on any atom is -0.324 e. The maximum absolute atomic E-state index is 6.19. The SMILES string of the molecule is Cc1ccc(C(N)Cc2ccsc2)c(Cl)c1. The molecule has 1 heterocycles. The zero-order chi connectivity index (χ0) is 11.5. The Morgan fingerprint density at radius 2 is 2.19 bits per heavy atom. The molecule has 0 aliphatic heterocycles. The van der Waals surface area contributed by atoms with E-state index < -0.39 is 0 Å². The van der Waals surface area contributed by atoms with Gasteiger partial charge in [0.05, 0.1) is 0 Å². The Labute approximate surface area is 105 Å². The average molecular weight is 252 g/mol. The molecule has 1 aromatic carbocycles. The van der Waals surface area contributed by atoms with Crippen molar-refractivity contribution in [3.05, 3.63) is 56.7 Å². The Balaban J connectivity index is 2.17. The highest BCUT2D eigenvalue weighted by molar-refractivity contribution is 7.07. The summed E-state index contributed by atoms with van der Waals surface area (Å²) in [5.41, 5.74) is 9.62. The Hall–Kier alpha value is -0.830. The Bertz CT molecular complexity index is 465. The van der Waals surface area contributed by atoms with Gasteiger partial charge in [-0.15, -0.1) is 0 Å². The van der Waals surface area contributed by atoms with Crippen LogP contribution < -0.4 is 5.73 Å². The van der Waals surface area contributed by atoms with Gasteiger partial charge in [0.2, 0.25) is 0 Å². The van der Waals surface area contributed by atoms with E-state index in [0.29, 0.717) is 0 Å². The first-order valence-corrected chi connectivity index (χ1v) is 6.51. The van der Waals surface area contributed by atoms with Crippen molar-refractivity contribution >= 4 is 22.9 Å². The van der Waals surface area contributed by atoms with E-state index in [9.17, 15) is 0 Å². The van der Waals surface area contributed by atoms with Gasteiger partial charge in [0.25, 0.3) is 0 Å². The van der Waals surface area contributed by atoms with Gasteiger partial charge in [0.1, 0.15) is 0 Å². The summed E-state index contributed by atoms with van der Waals surface area (Å²) in [6.45, 7) is 2.03. The van der Waals surface area contributed by atoms with Crippen molar-refractivity contribution in [2.75, 3.05) is 0 Å². The summed E-state index contributed by atoms with van der Waals surface area (Å²) in [5.74, 6) is 0. The quantitative estimate of drug-likeness (QED) is 0.878. The fourth-order valence-electron chi connectivity index (χ4n) is 1.71. The summed E-state index contributed by atoms with van der Waals surface area (Å²) in [4.78, 5) is 0. The molecular formula is C13H14ClNS. The number of thiophene rings is 1. The van der Waals surface area contributed by atoms with Crippen molar-refractivity contribution in [3.63, 3.8) is 0 Å². The minimum absolute atomic E-state index is 0.0253. The molecule has 1 aromatic heterocycles. The molecule has 0 aliphatic rings. The topological polar surface area (TPSA) is 26.0 Å². The summed E-state index contributed by atoms with van der Waals surface area (Å²) in [6, 6.07) is 8.11. The number of hydrogen-bond donors (Lipinski definition) is 1. The molecular weight excluding hydrogens is 238 g/mol. The highest BCUT2D eigenvalue weighted by Gasteiger charge is 2.11. The van der Waals surface area contributed by atoms with Crippen molar-refractivity contribution < 1.29 is 0 Å². The number of hydrogen-bond acceptors (Lipinski definition) is 2. The minimum atomic E-state index is -0.0253. The Kier molecular flexibility index (Phi) is 3.64. The molecule has 2 N–H and O–H groups in total. The van der Waals surface area contributed by atoms with Gasteiger partial charge in [-0.05, 0) is 52.9 Å². The van der Waals surface area contributed by atoms with Gasteiger partial charge in [0.15, 0.2) is 0 Å². The molecule has 0 aliphatic carbocycles. The third-order valence-corrected chi connectivity index (χ3v) is 3.65. The average Bonchev–Trinajstić information content (AvgIpc) is 2.70. The van der Waals surface area contributed by atoms with E-state index in [1.54, 1.807) is 11.3 Å². The monoisotopic (exact) mass is 251 g/mol. The van der Waals surface area contributed by atoms with Crippen LogP contribution in [0, 0.1) is 6.92 Å². The molecule has 0 amide bonds. The summed E-state index contributed by atoms with van der Waals surface area (Å²) >= 11 is 7.88. The lowest BCUT2D eigenvalue weighted by Gasteiger charge is -2.13. The zero-order valence-corrected chi connectivity index (χ0v) is 10.7. The Morgan fingerprint density at radius 3 is 2.81 bits per heavy atom. The third kappa shape index (κ3) is 2.64. The highest BCUT2D eigenvalue weighted by atomic mass is 35.5. The van der Waals surface area contributed by atoms with E-state index in [2.05, 4.69) is 22.9 Å². The van der Waals surface area contributed by atoms with Crippen LogP contribution in [0.2, 0.25) is 5.02 Å². The van der Waals surface area contributed by atoms with E-state index in [1.807, 2.05) is 19.1 Å². The molecule has 0 bridgehead atoms. The van der Waals surface area contributed by atoms with Gasteiger partial charge in [-0.2, -0.15) is 11.3 Å². The van der Waals surface area contributed by atoms with Gasteiger partial charge >= 0.3 is 0 Å². The highest BCUT2D eigenvalue weighted by Crippen LogP contribution is 2.25. The predicted molar refractivity (Wildman–Crippen MR) is 71.1 cm³/mol. The number of rotatable bonds is 3. The maximum atomic E-state index is 6.19. The first kappa shape index (κ1) is 11.6. The van der Waals surface area contributed by atoms with E-state index in [0.717, 1.165) is 22.6 Å². The lowest BCUT2D eigenvalue weighted by molar-refractivity contribution is 0.724. The molecule has 0 saturated carbocycles. The normalized spacial score (nSPS) is 12.7. The third-order valence-electron chi connectivity index (χ3n) is 2.59. The summed E-state index contributed by atoms with van der Waals surface area (Å²) in [5, 5.41) is 4.96. The van der Waals surface area contributed by atoms with Crippen LogP contribution in [0.3, 0.4) is 0 Å². The fraction of sp³-hybridized carbons (Fsp3) is 0.231. The van der Waals surface area contributed by atoms with Gasteiger partial charge in [0, 0.05) is 11.1 Å². The van der Waals surface area contributed by atoms with Crippen LogP contribution in [0.5, 0.6) is 0 Å². The van der Waals surface area contributed by atoms with Crippen molar-refractivity contribution in [2.24, 2.45) is 5.73 Å². The lowest BCUT2D eigenvalue weighted by Crippen LogP contribution is -2.13. The second kappa shape index (κ2) is 5.00. The van der Waals surface area contributed by atoms with Crippen LogP contribution in [0.25, 0.3) is 0 Å². The molecule has 1 unspecified atom stereocenters. The molecule has 0 saturated heterocycles. The maximum Gasteiger partial charge on any atom is 0.0456 e. The molecule has 1 nitrogen and oxygen atoms in total. The van der Waals surface area contributed by atoms with Crippen molar-refractivity contribution in [3.8, 4) is 0 Å². The summed E-state index contributed by atoms with van der Waals surface area (Å²) < 4.78 is 0. The fourth-order valence-corrected chi connectivity index (χ4v) is 2.76. The number of nitrogens with two attached hydrogens (primary N) is 1. The first-order valence-electron chi connectivity index (χ1n) is 5.19. The van der Waals surface area contributed by atoms with E-state index in [4.69, 9.17) is 17.3 Å². The molecule has 2 aromatic rings. The van der Waals surface area contributed by atoms with Gasteiger partial charge < -0.3 is 5.73 Å². The summed E-state index contributed by atoms with van der Waals surface area (Å²) in [6.07, 6.45) is 0.840. The molecule has 16 heavy (non-hydrogen) atoms. The van der Waals surface area contributed by atoms with Gasteiger partial charge in [-0.25, -0.2) is 0 Å². The molecule has 1 atom stereocenters. The largest absolute Gasteiger partial charge is 0.324 e. The standard InChI is InChI=1S/C13H14ClNS/c1-9-2-3-11(12(14)6-9)13(15)7-10-4-5-16-8-10/h2-6,8,13H,7,15H2,1H3. The van der Waals surface area contributed by atoms with Crippen molar-refractivity contribution in [2.45, 2.75) is 19.4 Å². The second-order valence-electron chi connectivity index (χ2n) is 3.97. The predicted octanol–water partition coefficient (Wildman–Crippen LogP) is 3.95. The number of aryl methyl sites for hydroxylation is 1. The smallest absolute Gasteiger partial charge is 0.0456 e. The zero-order valence-electron chi connectivity index (χ0n) is 9.11. The van der Waals surface area contributed by atoms with E-state index in [1.165, 1.54) is 5.56 Å². The van der Waals surface area contributed by atoms with Crippen molar-refractivity contribution in [1.82, 2.24) is 0 Å². The molecule has 0 fully saturated rings. The van der Waals surface area contributed by atoms with Crippen LogP contribution in [-0.4, -0.2) is 0 Å². The van der Waals surface area contributed by atoms with E-state index in [-0.39, 0.29) is 6.04 Å². The van der Waals surface area contributed by atoms with E-state index >= 15 is 0 Å². The van der Waals surface area contributed by atoms with Crippen LogP contribution >= 0.6 is 22.9 Å². The first-order chi connectivity index (χ1) is 7.66. The summed E-state index contributed by atoms with van der Waals surface area (Å²) in [7, 11) is 0. The number of halogens is 1. The number of benzene rings is 1. The molecule has 0 radical (unpaired) electrons. The van der Waals surface area contributed by atoms with Crippen molar-refractivity contribution in [1.29, 1.82) is 0 Å². The van der Waals surface area contributed by atoms with Gasteiger partial charge in [-0.3, -0.25) is 0 Å². The molecule has 3 heteroatoms. The van der Waals surface area contributed by atoms with Crippen LogP contribution in [-0.2, 0) is 6.42 Å². The van der Waals surface area contributed by atoms with Crippen LogP contribution in [0.4, 0.5) is 0 Å². The Morgan fingerprint density at radius 1 is 1.38 bits per heavy atom. The molecule has 2 rings (SSSR count). The van der Waals surface area contributed by atoms with Crippen LogP contribution in [0.15, 0.2) is 35.0 Å². The van der Waals surface area contributed by atoms with Crippen LogP contribution in [0.1, 0.15) is 22.7 Å². The molecule has 84 valence electrons. The van der Waals surface area contributed by atoms with Gasteiger partial charge in [-0.1, -0.05) is 23.7 Å². The second-order valence-corrected chi connectivity index (χ2v) is 5.15. The lowest BCUT2D eigenvalue weighted by atomic mass is 10.0.